The van der Waals surface area contributed by atoms with E-state index in [9.17, 15) is 4.79 Å². The van der Waals surface area contributed by atoms with Crippen molar-refractivity contribution >= 4 is 5.97 Å². The van der Waals surface area contributed by atoms with Gasteiger partial charge in [0.25, 0.3) is 0 Å². The normalized spacial score (nSPS) is 12.6. The maximum atomic E-state index is 10.6. The Morgan fingerprint density at radius 3 is 3.00 bits per heavy atom. The molecule has 0 aliphatic rings. The summed E-state index contributed by atoms with van der Waals surface area (Å²) in [6.45, 7) is 2.30. The molecule has 2 rings (SSSR count). The van der Waals surface area contributed by atoms with Crippen molar-refractivity contribution in [1.29, 1.82) is 0 Å². The van der Waals surface area contributed by atoms with E-state index in [1.54, 1.807) is 10.9 Å². The molecule has 0 bridgehead atoms. The predicted octanol–water partition coefficient (Wildman–Crippen LogP) is 0.352. The molecule has 0 aliphatic carbocycles. The van der Waals surface area contributed by atoms with Gasteiger partial charge in [0.05, 0.1) is 12.6 Å². The van der Waals surface area contributed by atoms with E-state index in [4.69, 9.17) is 9.63 Å². The maximum Gasteiger partial charge on any atom is 0.358 e. The minimum Gasteiger partial charge on any atom is -0.476 e. The topological polar surface area (TPSA) is 106 Å². The highest BCUT2D eigenvalue weighted by Gasteiger charge is 2.14. The van der Waals surface area contributed by atoms with E-state index >= 15 is 0 Å². The van der Waals surface area contributed by atoms with Gasteiger partial charge in [-0.05, 0) is 6.92 Å². The van der Waals surface area contributed by atoms with Gasteiger partial charge in [-0.25, -0.2) is 4.79 Å². The van der Waals surface area contributed by atoms with Gasteiger partial charge in [0.15, 0.2) is 11.5 Å². The van der Waals surface area contributed by atoms with E-state index in [2.05, 4.69) is 20.7 Å². The fraction of sp³-hybridized carbons (Fsp3) is 0.400. The Balaban J connectivity index is 1.95. The van der Waals surface area contributed by atoms with E-state index < -0.39 is 5.97 Å². The second-order valence-corrected chi connectivity index (χ2v) is 3.89. The summed E-state index contributed by atoms with van der Waals surface area (Å²) in [4.78, 5) is 10.6. The molecule has 96 valence electrons. The standard InChI is InChI=1S/C10H13N5O3/c1-6(9-13-12-5-15(9)2)11-4-7-3-8(10(16)17)14-18-7/h3,5-6,11H,4H2,1-2H3,(H,16,17). The van der Waals surface area contributed by atoms with Crippen LogP contribution in [0.4, 0.5) is 0 Å². The zero-order valence-electron chi connectivity index (χ0n) is 9.99. The lowest BCUT2D eigenvalue weighted by atomic mass is 10.3. The SMILES string of the molecule is CC(NCc1cc(C(=O)O)no1)c1nncn1C. The number of nitrogens with one attached hydrogen (secondary N) is 1. The number of carboxylic acids is 1. The van der Waals surface area contributed by atoms with Crippen molar-refractivity contribution in [1.82, 2.24) is 25.2 Å². The number of aromatic nitrogens is 4. The van der Waals surface area contributed by atoms with Crippen molar-refractivity contribution in [3.05, 3.63) is 29.7 Å². The van der Waals surface area contributed by atoms with Gasteiger partial charge in [0.2, 0.25) is 0 Å². The number of carbonyl (C=O) groups is 1. The summed E-state index contributed by atoms with van der Waals surface area (Å²) >= 11 is 0. The van der Waals surface area contributed by atoms with E-state index in [1.165, 1.54) is 6.07 Å². The number of aromatic carboxylic acids is 1. The molecule has 0 aromatic carbocycles. The molecule has 0 aliphatic heterocycles. The minimum atomic E-state index is -1.11. The van der Waals surface area contributed by atoms with Crippen LogP contribution in [0, 0.1) is 0 Å². The Bertz CT molecular complexity index is 547. The minimum absolute atomic E-state index is 0.0316. The molecule has 2 N–H and O–H groups in total. The Kier molecular flexibility index (Phi) is 3.38. The van der Waals surface area contributed by atoms with Crippen molar-refractivity contribution in [3.8, 4) is 0 Å². The van der Waals surface area contributed by atoms with Crippen molar-refractivity contribution < 1.29 is 14.4 Å². The van der Waals surface area contributed by atoms with Gasteiger partial charge < -0.3 is 19.5 Å². The largest absolute Gasteiger partial charge is 0.476 e. The number of nitrogens with zero attached hydrogens (tertiary/aromatic N) is 4. The summed E-state index contributed by atoms with van der Waals surface area (Å²) in [7, 11) is 1.85. The molecule has 0 spiro atoms. The average Bonchev–Trinajstić information content (AvgIpc) is 2.94. The van der Waals surface area contributed by atoms with Gasteiger partial charge in [-0.2, -0.15) is 0 Å². The second-order valence-electron chi connectivity index (χ2n) is 3.89. The molecule has 8 nitrogen and oxygen atoms in total. The Morgan fingerprint density at radius 2 is 2.44 bits per heavy atom. The van der Waals surface area contributed by atoms with E-state index in [0.29, 0.717) is 12.3 Å². The third kappa shape index (κ3) is 2.54. The quantitative estimate of drug-likeness (QED) is 0.789. The summed E-state index contributed by atoms with van der Waals surface area (Å²) < 4.78 is 6.69. The summed E-state index contributed by atoms with van der Waals surface area (Å²) in [6.07, 6.45) is 1.62. The first kappa shape index (κ1) is 12.2. The van der Waals surface area contributed by atoms with Crippen molar-refractivity contribution in [2.24, 2.45) is 7.05 Å². The van der Waals surface area contributed by atoms with Crippen LogP contribution in [0.15, 0.2) is 16.9 Å². The van der Waals surface area contributed by atoms with Gasteiger partial charge in [-0.1, -0.05) is 5.16 Å². The molecule has 0 saturated carbocycles. The first-order chi connectivity index (χ1) is 8.58. The van der Waals surface area contributed by atoms with Crippen LogP contribution in [0.5, 0.6) is 0 Å². The van der Waals surface area contributed by atoms with Crippen LogP contribution in [-0.4, -0.2) is 31.0 Å². The van der Waals surface area contributed by atoms with E-state index in [-0.39, 0.29) is 11.7 Å². The number of rotatable bonds is 5. The van der Waals surface area contributed by atoms with Gasteiger partial charge in [-0.15, -0.1) is 10.2 Å². The lowest BCUT2D eigenvalue weighted by molar-refractivity contribution is 0.0685. The summed E-state index contributed by atoms with van der Waals surface area (Å²) in [5.74, 6) is 0.140. The molecule has 1 unspecified atom stereocenters. The Labute approximate surface area is 103 Å². The lowest BCUT2D eigenvalue weighted by Crippen LogP contribution is -2.20. The third-order valence-corrected chi connectivity index (χ3v) is 2.49. The van der Waals surface area contributed by atoms with Crippen LogP contribution < -0.4 is 5.32 Å². The highest BCUT2D eigenvalue weighted by Crippen LogP contribution is 2.09. The fourth-order valence-corrected chi connectivity index (χ4v) is 1.53. The Morgan fingerprint density at radius 1 is 1.67 bits per heavy atom. The zero-order valence-corrected chi connectivity index (χ0v) is 9.99. The van der Waals surface area contributed by atoms with Crippen molar-refractivity contribution in [3.63, 3.8) is 0 Å². The van der Waals surface area contributed by atoms with E-state index in [0.717, 1.165) is 5.82 Å². The maximum absolute atomic E-state index is 10.6. The number of aryl methyl sites for hydroxylation is 1. The average molecular weight is 251 g/mol. The second kappa shape index (κ2) is 4.96. The molecular formula is C10H13N5O3. The zero-order chi connectivity index (χ0) is 13.1. The number of hydrogen-bond donors (Lipinski definition) is 2. The first-order valence-electron chi connectivity index (χ1n) is 5.34. The molecule has 0 radical (unpaired) electrons. The van der Waals surface area contributed by atoms with Crippen LogP contribution in [0.1, 0.15) is 35.0 Å². The number of carboxylic acid groups (broad SMARTS) is 1. The first-order valence-corrected chi connectivity index (χ1v) is 5.34. The highest BCUT2D eigenvalue weighted by atomic mass is 16.5. The van der Waals surface area contributed by atoms with Gasteiger partial charge in [0.1, 0.15) is 12.2 Å². The summed E-state index contributed by atoms with van der Waals surface area (Å²) in [5.41, 5.74) is -0.0990. The van der Waals surface area contributed by atoms with Crippen LogP contribution in [0.25, 0.3) is 0 Å². The van der Waals surface area contributed by atoms with Gasteiger partial charge >= 0.3 is 5.97 Å². The molecule has 0 saturated heterocycles. The van der Waals surface area contributed by atoms with Crippen LogP contribution in [-0.2, 0) is 13.6 Å². The van der Waals surface area contributed by atoms with Crippen LogP contribution >= 0.6 is 0 Å². The van der Waals surface area contributed by atoms with Crippen molar-refractivity contribution in [2.75, 3.05) is 0 Å². The van der Waals surface area contributed by atoms with Crippen molar-refractivity contribution in [2.45, 2.75) is 19.5 Å². The van der Waals surface area contributed by atoms with Crippen LogP contribution in [0.3, 0.4) is 0 Å². The molecule has 0 fully saturated rings. The lowest BCUT2D eigenvalue weighted by Gasteiger charge is -2.10. The molecule has 2 heterocycles. The smallest absolute Gasteiger partial charge is 0.358 e. The molecule has 18 heavy (non-hydrogen) atoms. The van der Waals surface area contributed by atoms with Gasteiger partial charge in [-0.3, -0.25) is 0 Å². The number of hydrogen-bond acceptors (Lipinski definition) is 6. The molecule has 1 atom stereocenters. The molecular weight excluding hydrogens is 238 g/mol. The van der Waals surface area contributed by atoms with Gasteiger partial charge in [0, 0.05) is 13.1 Å². The molecule has 2 aromatic rings. The summed E-state index contributed by atoms with van der Waals surface area (Å²) in [6, 6.07) is 1.36. The molecule has 8 heteroatoms. The fourth-order valence-electron chi connectivity index (χ4n) is 1.53. The molecule has 0 amide bonds. The van der Waals surface area contributed by atoms with E-state index in [1.807, 2.05) is 14.0 Å². The monoisotopic (exact) mass is 251 g/mol. The highest BCUT2D eigenvalue weighted by molar-refractivity contribution is 5.85. The predicted molar refractivity (Wildman–Crippen MR) is 59.7 cm³/mol. The summed E-state index contributed by atoms with van der Waals surface area (Å²) in [5, 5.41) is 23.0. The van der Waals surface area contributed by atoms with Crippen LogP contribution in [0.2, 0.25) is 0 Å². The Hall–Kier alpha value is -2.22. The third-order valence-electron chi connectivity index (χ3n) is 2.49. The molecule has 2 aromatic heterocycles.